The zero-order valence-electron chi connectivity index (χ0n) is 11.7. The van der Waals surface area contributed by atoms with E-state index in [1.165, 1.54) is 0 Å². The van der Waals surface area contributed by atoms with Crippen molar-refractivity contribution in [1.29, 1.82) is 0 Å². The number of hydrogen-bond donors (Lipinski definition) is 1. The second-order valence-electron chi connectivity index (χ2n) is 4.69. The van der Waals surface area contributed by atoms with E-state index in [1.807, 2.05) is 32.9 Å². The van der Waals surface area contributed by atoms with E-state index in [9.17, 15) is 4.79 Å². The molecule has 1 aromatic carbocycles. The van der Waals surface area contributed by atoms with Gasteiger partial charge < -0.3 is 9.84 Å². The smallest absolute Gasteiger partial charge is 0.303 e. The fraction of sp³-hybridized carbons (Fsp3) is 0.533. The van der Waals surface area contributed by atoms with Crippen LogP contribution in [-0.4, -0.2) is 17.7 Å². The number of halogens is 1. The summed E-state index contributed by atoms with van der Waals surface area (Å²) in [7, 11) is 0. The number of hydrogen-bond acceptors (Lipinski definition) is 2. The molecule has 1 aromatic rings. The molecule has 0 aromatic heterocycles. The molecule has 0 bridgehead atoms. The van der Waals surface area contributed by atoms with Crippen molar-refractivity contribution in [2.45, 2.75) is 46.0 Å². The largest absolute Gasteiger partial charge is 0.493 e. The van der Waals surface area contributed by atoms with E-state index in [0.717, 1.165) is 29.7 Å². The Hall–Kier alpha value is -1.22. The van der Waals surface area contributed by atoms with Crippen LogP contribution in [-0.2, 0) is 4.79 Å². The lowest BCUT2D eigenvalue weighted by Crippen LogP contribution is -2.08. The number of carboxylic acid groups (broad SMARTS) is 1. The Morgan fingerprint density at radius 3 is 2.63 bits per heavy atom. The molecular weight excluding hydrogens is 264 g/mol. The maximum absolute atomic E-state index is 10.9. The first kappa shape index (κ1) is 15.8. The molecule has 0 amide bonds. The van der Waals surface area contributed by atoms with Crippen molar-refractivity contribution >= 4 is 17.6 Å². The maximum atomic E-state index is 10.9. The molecule has 1 rings (SSSR count). The van der Waals surface area contributed by atoms with Crippen molar-refractivity contribution in [3.05, 3.63) is 28.3 Å². The van der Waals surface area contributed by atoms with Gasteiger partial charge in [0.2, 0.25) is 0 Å². The van der Waals surface area contributed by atoms with E-state index >= 15 is 0 Å². The van der Waals surface area contributed by atoms with E-state index in [2.05, 4.69) is 0 Å². The fourth-order valence-electron chi connectivity index (χ4n) is 2.01. The monoisotopic (exact) mass is 284 g/mol. The Labute approximate surface area is 119 Å². The average Bonchev–Trinajstić information content (AvgIpc) is 2.36. The number of aryl methyl sites for hydroxylation is 1. The van der Waals surface area contributed by atoms with Crippen LogP contribution in [0.25, 0.3) is 0 Å². The molecule has 0 aliphatic rings. The molecule has 0 aliphatic carbocycles. The molecule has 106 valence electrons. The van der Waals surface area contributed by atoms with Gasteiger partial charge in [0, 0.05) is 5.02 Å². The van der Waals surface area contributed by atoms with Crippen LogP contribution in [0, 0.1) is 6.92 Å². The van der Waals surface area contributed by atoms with E-state index < -0.39 is 5.97 Å². The Kier molecular flexibility index (Phi) is 6.16. The molecule has 1 atom stereocenters. The summed E-state index contributed by atoms with van der Waals surface area (Å²) in [4.78, 5) is 10.9. The van der Waals surface area contributed by atoms with Crippen molar-refractivity contribution in [3.8, 4) is 5.75 Å². The van der Waals surface area contributed by atoms with Crippen molar-refractivity contribution < 1.29 is 14.6 Å². The number of benzene rings is 1. The topological polar surface area (TPSA) is 46.5 Å². The van der Waals surface area contributed by atoms with Gasteiger partial charge in [0.25, 0.3) is 0 Å². The van der Waals surface area contributed by atoms with Crippen LogP contribution in [0.1, 0.15) is 50.2 Å². The number of carbonyl (C=O) groups is 1. The summed E-state index contributed by atoms with van der Waals surface area (Å²) in [5.74, 6) is -0.107. The lowest BCUT2D eigenvalue weighted by atomic mass is 9.91. The molecule has 1 N–H and O–H groups in total. The van der Waals surface area contributed by atoms with Gasteiger partial charge in [0.1, 0.15) is 5.75 Å². The molecule has 4 heteroatoms. The summed E-state index contributed by atoms with van der Waals surface area (Å²) in [6.07, 6.45) is 1.75. The normalized spacial score (nSPS) is 12.2. The highest BCUT2D eigenvalue weighted by molar-refractivity contribution is 6.31. The molecule has 0 saturated heterocycles. The van der Waals surface area contributed by atoms with Crippen LogP contribution in [0.3, 0.4) is 0 Å². The highest BCUT2D eigenvalue weighted by Crippen LogP contribution is 2.35. The molecular formula is C15H21ClO3. The van der Waals surface area contributed by atoms with E-state index in [1.54, 1.807) is 0 Å². The predicted octanol–water partition coefficient (Wildman–Crippen LogP) is 4.41. The van der Waals surface area contributed by atoms with E-state index in [0.29, 0.717) is 11.6 Å². The SMILES string of the molecule is CCCOc1cc(C)c(Cl)cc1C(CC)CC(=O)O. The highest BCUT2D eigenvalue weighted by Gasteiger charge is 2.19. The molecule has 0 saturated carbocycles. The van der Waals surface area contributed by atoms with Crippen molar-refractivity contribution in [3.63, 3.8) is 0 Å². The average molecular weight is 285 g/mol. The quantitative estimate of drug-likeness (QED) is 0.807. The van der Waals surface area contributed by atoms with Gasteiger partial charge in [-0.15, -0.1) is 0 Å². The lowest BCUT2D eigenvalue weighted by molar-refractivity contribution is -0.137. The van der Waals surface area contributed by atoms with Crippen LogP contribution in [0.5, 0.6) is 5.75 Å². The van der Waals surface area contributed by atoms with Crippen LogP contribution in [0.4, 0.5) is 0 Å². The minimum absolute atomic E-state index is 0.0672. The highest BCUT2D eigenvalue weighted by atomic mass is 35.5. The van der Waals surface area contributed by atoms with Gasteiger partial charge in [0.05, 0.1) is 13.0 Å². The zero-order valence-corrected chi connectivity index (χ0v) is 12.5. The van der Waals surface area contributed by atoms with Gasteiger partial charge in [-0.1, -0.05) is 25.4 Å². The third-order valence-electron chi connectivity index (χ3n) is 3.11. The van der Waals surface area contributed by atoms with Crippen molar-refractivity contribution in [1.82, 2.24) is 0 Å². The summed E-state index contributed by atoms with van der Waals surface area (Å²) in [5.41, 5.74) is 1.84. The minimum atomic E-state index is -0.801. The van der Waals surface area contributed by atoms with Crippen LogP contribution in [0.2, 0.25) is 5.02 Å². The van der Waals surface area contributed by atoms with Gasteiger partial charge in [-0.3, -0.25) is 4.79 Å². The summed E-state index contributed by atoms with van der Waals surface area (Å²) >= 11 is 6.15. The third-order valence-corrected chi connectivity index (χ3v) is 3.51. The number of ether oxygens (including phenoxy) is 1. The van der Waals surface area contributed by atoms with E-state index in [-0.39, 0.29) is 12.3 Å². The fourth-order valence-corrected chi connectivity index (χ4v) is 2.18. The Balaban J connectivity index is 3.13. The third kappa shape index (κ3) is 4.43. The van der Waals surface area contributed by atoms with Gasteiger partial charge in [-0.2, -0.15) is 0 Å². The first-order valence-corrected chi connectivity index (χ1v) is 7.02. The second kappa shape index (κ2) is 7.39. The van der Waals surface area contributed by atoms with Crippen LogP contribution >= 0.6 is 11.6 Å². The predicted molar refractivity (Wildman–Crippen MR) is 77.3 cm³/mol. The maximum Gasteiger partial charge on any atom is 0.303 e. The molecule has 0 heterocycles. The number of aliphatic carboxylic acids is 1. The summed E-state index contributed by atoms with van der Waals surface area (Å²) in [6, 6.07) is 3.75. The van der Waals surface area contributed by atoms with Crippen LogP contribution < -0.4 is 4.74 Å². The van der Waals surface area contributed by atoms with Crippen molar-refractivity contribution in [2.24, 2.45) is 0 Å². The molecule has 0 radical (unpaired) electrons. The molecule has 0 spiro atoms. The van der Waals surface area contributed by atoms with Gasteiger partial charge in [-0.05, 0) is 48.9 Å². The van der Waals surface area contributed by atoms with E-state index in [4.69, 9.17) is 21.4 Å². The Bertz CT molecular complexity index is 443. The molecule has 19 heavy (non-hydrogen) atoms. The number of carboxylic acids is 1. The standard InChI is InChI=1S/C15H21ClO3/c1-4-6-19-14-7-10(3)13(16)9-12(14)11(5-2)8-15(17)18/h7,9,11H,4-6,8H2,1-3H3,(H,17,18). The van der Waals surface area contributed by atoms with Gasteiger partial charge >= 0.3 is 5.97 Å². The first-order chi connectivity index (χ1) is 8.99. The molecule has 1 unspecified atom stereocenters. The van der Waals surface area contributed by atoms with Crippen LogP contribution in [0.15, 0.2) is 12.1 Å². The van der Waals surface area contributed by atoms with Gasteiger partial charge in [0.15, 0.2) is 0 Å². The minimum Gasteiger partial charge on any atom is -0.493 e. The Morgan fingerprint density at radius 1 is 1.42 bits per heavy atom. The summed E-state index contributed by atoms with van der Waals surface area (Å²) < 4.78 is 5.73. The molecule has 0 fully saturated rings. The molecule has 3 nitrogen and oxygen atoms in total. The summed E-state index contributed by atoms with van der Waals surface area (Å²) in [5, 5.41) is 9.65. The van der Waals surface area contributed by atoms with Gasteiger partial charge in [-0.25, -0.2) is 0 Å². The molecule has 0 aliphatic heterocycles. The first-order valence-electron chi connectivity index (χ1n) is 6.64. The summed E-state index contributed by atoms with van der Waals surface area (Å²) in [6.45, 7) is 6.56. The Morgan fingerprint density at radius 2 is 2.11 bits per heavy atom. The second-order valence-corrected chi connectivity index (χ2v) is 5.10. The lowest BCUT2D eigenvalue weighted by Gasteiger charge is -2.19. The van der Waals surface area contributed by atoms with Crippen molar-refractivity contribution in [2.75, 3.05) is 6.61 Å². The zero-order chi connectivity index (χ0) is 14.4. The number of rotatable bonds is 7.